The van der Waals surface area contributed by atoms with E-state index < -0.39 is 0 Å². The van der Waals surface area contributed by atoms with Gasteiger partial charge in [-0.1, -0.05) is 0 Å². The van der Waals surface area contributed by atoms with E-state index in [4.69, 9.17) is 5.73 Å². The molecule has 0 radical (unpaired) electrons. The molecule has 112 valence electrons. The number of hydrogen-bond donors (Lipinski definition) is 1. The number of aromatic nitrogens is 2. The molecule has 0 saturated heterocycles. The molecule has 2 fully saturated rings. The Labute approximate surface area is 129 Å². The molecule has 2 aromatic heterocycles. The van der Waals surface area contributed by atoms with Crippen molar-refractivity contribution >= 4 is 11.3 Å². The molecule has 5 heteroatoms. The number of nitrogens with zero attached hydrogens (tertiary/aromatic N) is 3. The van der Waals surface area contributed by atoms with Crippen LogP contribution in [0, 0.1) is 0 Å². The second-order valence-electron chi connectivity index (χ2n) is 6.24. The van der Waals surface area contributed by atoms with Crippen LogP contribution in [-0.2, 0) is 6.54 Å². The van der Waals surface area contributed by atoms with E-state index in [1.807, 2.05) is 12.5 Å². The minimum absolute atomic E-state index is 0.292. The normalized spacial score (nSPS) is 20.1. The van der Waals surface area contributed by atoms with Gasteiger partial charge in [-0.3, -0.25) is 4.90 Å². The third-order valence-electron chi connectivity index (χ3n) is 4.56. The molecule has 2 aliphatic carbocycles. The highest BCUT2D eigenvalue weighted by Crippen LogP contribution is 2.40. The first-order valence-corrected chi connectivity index (χ1v) is 8.79. The largest absolute Gasteiger partial charge is 0.330 e. The van der Waals surface area contributed by atoms with Crippen molar-refractivity contribution in [1.29, 1.82) is 0 Å². The number of imidazole rings is 1. The van der Waals surface area contributed by atoms with Gasteiger partial charge in [0.25, 0.3) is 0 Å². The maximum atomic E-state index is 6.17. The number of rotatable bonds is 7. The molecule has 2 heterocycles. The number of hydrogen-bond acceptors (Lipinski definition) is 4. The van der Waals surface area contributed by atoms with Crippen LogP contribution in [0.4, 0.5) is 0 Å². The van der Waals surface area contributed by atoms with E-state index in [1.165, 1.54) is 36.9 Å². The van der Waals surface area contributed by atoms with Crippen LogP contribution in [0.25, 0.3) is 0 Å². The molecule has 2 aromatic rings. The molecule has 21 heavy (non-hydrogen) atoms. The van der Waals surface area contributed by atoms with Crippen LogP contribution in [0.15, 0.2) is 29.4 Å². The van der Waals surface area contributed by atoms with Gasteiger partial charge in [0.2, 0.25) is 0 Å². The van der Waals surface area contributed by atoms with Crippen LogP contribution >= 0.6 is 11.3 Å². The van der Waals surface area contributed by atoms with Crippen molar-refractivity contribution in [2.24, 2.45) is 5.73 Å². The molecule has 4 nitrogen and oxygen atoms in total. The lowest BCUT2D eigenvalue weighted by Gasteiger charge is -2.31. The van der Waals surface area contributed by atoms with Crippen molar-refractivity contribution in [3.63, 3.8) is 0 Å². The Morgan fingerprint density at radius 1 is 1.38 bits per heavy atom. The predicted octanol–water partition coefficient (Wildman–Crippen LogP) is 2.94. The lowest BCUT2D eigenvalue weighted by molar-refractivity contribution is 0.175. The minimum Gasteiger partial charge on any atom is -0.330 e. The highest BCUT2D eigenvalue weighted by Gasteiger charge is 2.37. The van der Waals surface area contributed by atoms with E-state index >= 15 is 0 Å². The summed E-state index contributed by atoms with van der Waals surface area (Å²) < 4.78 is 2.36. The summed E-state index contributed by atoms with van der Waals surface area (Å²) in [7, 11) is 0. The average Bonchev–Trinajstić information content (AvgIpc) is 3.43. The van der Waals surface area contributed by atoms with Crippen molar-refractivity contribution in [3.8, 4) is 0 Å². The summed E-state index contributed by atoms with van der Waals surface area (Å²) in [6, 6.07) is 3.88. The lowest BCUT2D eigenvalue weighted by Crippen LogP contribution is -2.36. The van der Waals surface area contributed by atoms with Crippen molar-refractivity contribution < 1.29 is 0 Å². The fourth-order valence-electron chi connectivity index (χ4n) is 3.15. The van der Waals surface area contributed by atoms with Crippen molar-refractivity contribution in [2.75, 3.05) is 6.54 Å². The SMILES string of the molecule is NCC(c1cncn1C1CC1)N(Cc1ccsc1)C1CC1. The van der Waals surface area contributed by atoms with E-state index in [1.54, 1.807) is 11.3 Å². The van der Waals surface area contributed by atoms with Gasteiger partial charge in [0.1, 0.15) is 0 Å². The summed E-state index contributed by atoms with van der Waals surface area (Å²) in [5.41, 5.74) is 8.88. The summed E-state index contributed by atoms with van der Waals surface area (Å²) in [4.78, 5) is 6.99. The molecule has 2 aliphatic rings. The summed E-state index contributed by atoms with van der Waals surface area (Å²) >= 11 is 1.77. The maximum Gasteiger partial charge on any atom is 0.0951 e. The average molecular weight is 302 g/mol. The van der Waals surface area contributed by atoms with Crippen LogP contribution in [0.5, 0.6) is 0 Å². The zero-order valence-corrected chi connectivity index (χ0v) is 13.0. The Morgan fingerprint density at radius 3 is 2.86 bits per heavy atom. The molecule has 0 bridgehead atoms. The Morgan fingerprint density at radius 2 is 2.24 bits per heavy atom. The number of thiophene rings is 1. The van der Waals surface area contributed by atoms with Crippen LogP contribution in [0.1, 0.15) is 49.0 Å². The monoisotopic (exact) mass is 302 g/mol. The summed E-state index contributed by atoms with van der Waals surface area (Å²) in [6.45, 7) is 1.67. The van der Waals surface area contributed by atoms with Crippen LogP contribution in [-0.4, -0.2) is 27.0 Å². The molecule has 2 saturated carbocycles. The van der Waals surface area contributed by atoms with E-state index in [2.05, 4.69) is 31.3 Å². The standard InChI is InChI=1S/C16H22N4S/c17-7-15(16-8-18-11-20(16)14-3-4-14)19(13-1-2-13)9-12-5-6-21-10-12/h5-6,8,10-11,13-15H,1-4,7,9,17H2. The fourth-order valence-corrected chi connectivity index (χ4v) is 3.81. The van der Waals surface area contributed by atoms with E-state index in [-0.39, 0.29) is 0 Å². The molecular weight excluding hydrogens is 280 g/mol. The third-order valence-corrected chi connectivity index (χ3v) is 5.29. The van der Waals surface area contributed by atoms with Gasteiger partial charge < -0.3 is 10.3 Å². The van der Waals surface area contributed by atoms with Crippen LogP contribution in [0.3, 0.4) is 0 Å². The Bertz CT molecular complexity index is 583. The first-order valence-electron chi connectivity index (χ1n) is 7.85. The van der Waals surface area contributed by atoms with Crippen LogP contribution < -0.4 is 5.73 Å². The van der Waals surface area contributed by atoms with Crippen molar-refractivity contribution in [2.45, 2.75) is 50.4 Å². The van der Waals surface area contributed by atoms with Crippen LogP contribution in [0.2, 0.25) is 0 Å². The second-order valence-corrected chi connectivity index (χ2v) is 7.02. The van der Waals surface area contributed by atoms with Gasteiger partial charge in [0.05, 0.1) is 18.1 Å². The van der Waals surface area contributed by atoms with E-state index in [9.17, 15) is 0 Å². The summed E-state index contributed by atoms with van der Waals surface area (Å²) in [6.07, 6.45) is 9.20. The van der Waals surface area contributed by atoms with Crippen molar-refractivity contribution in [3.05, 3.63) is 40.6 Å². The number of nitrogens with two attached hydrogens (primary N) is 1. The molecule has 0 spiro atoms. The molecule has 1 atom stereocenters. The maximum absolute atomic E-state index is 6.17. The van der Waals surface area contributed by atoms with Gasteiger partial charge in [-0.05, 0) is 48.1 Å². The molecular formula is C16H22N4S. The van der Waals surface area contributed by atoms with Crippen molar-refractivity contribution in [1.82, 2.24) is 14.5 Å². The van der Waals surface area contributed by atoms with Gasteiger partial charge >= 0.3 is 0 Å². The topological polar surface area (TPSA) is 47.1 Å². The summed E-state index contributed by atoms with van der Waals surface area (Å²) in [5, 5.41) is 4.41. The van der Waals surface area contributed by atoms with Gasteiger partial charge in [0, 0.05) is 31.4 Å². The first-order chi connectivity index (χ1) is 10.4. The van der Waals surface area contributed by atoms with Gasteiger partial charge in [-0.15, -0.1) is 0 Å². The smallest absolute Gasteiger partial charge is 0.0951 e. The highest BCUT2D eigenvalue weighted by atomic mass is 32.1. The molecule has 0 aliphatic heterocycles. The lowest BCUT2D eigenvalue weighted by atomic mass is 10.1. The molecule has 0 aromatic carbocycles. The van der Waals surface area contributed by atoms with E-state index in [0.29, 0.717) is 24.7 Å². The minimum atomic E-state index is 0.292. The summed E-state index contributed by atoms with van der Waals surface area (Å²) in [5.74, 6) is 0. The molecule has 0 amide bonds. The first kappa shape index (κ1) is 13.5. The molecule has 2 N–H and O–H groups in total. The zero-order valence-electron chi connectivity index (χ0n) is 12.2. The van der Waals surface area contributed by atoms with Gasteiger partial charge in [-0.25, -0.2) is 4.98 Å². The highest BCUT2D eigenvalue weighted by molar-refractivity contribution is 7.07. The zero-order chi connectivity index (χ0) is 14.2. The predicted molar refractivity (Wildman–Crippen MR) is 85.2 cm³/mol. The Kier molecular flexibility index (Phi) is 3.57. The van der Waals surface area contributed by atoms with E-state index in [0.717, 1.165) is 6.54 Å². The third kappa shape index (κ3) is 2.78. The van der Waals surface area contributed by atoms with Gasteiger partial charge in [0.15, 0.2) is 0 Å². The Balaban J connectivity index is 1.60. The van der Waals surface area contributed by atoms with Gasteiger partial charge in [-0.2, -0.15) is 11.3 Å². The fraction of sp³-hybridized carbons (Fsp3) is 0.562. The molecule has 4 rings (SSSR count). The molecule has 1 unspecified atom stereocenters. The quantitative estimate of drug-likeness (QED) is 0.855. The Hall–Kier alpha value is -1.17. The second kappa shape index (κ2) is 5.55.